The van der Waals surface area contributed by atoms with Crippen molar-refractivity contribution in [2.45, 2.75) is 13.3 Å². The van der Waals surface area contributed by atoms with E-state index in [0.29, 0.717) is 17.7 Å². The molecule has 0 saturated carbocycles. The van der Waals surface area contributed by atoms with Gasteiger partial charge in [-0.25, -0.2) is 0 Å². The van der Waals surface area contributed by atoms with E-state index in [1.165, 1.54) is 4.90 Å². The fraction of sp³-hybridized carbons (Fsp3) is 0.375. The third-order valence-electron chi connectivity index (χ3n) is 2.87. The molecular formula is C16H21N3O2. The third-order valence-corrected chi connectivity index (χ3v) is 2.87. The highest BCUT2D eigenvalue weighted by molar-refractivity contribution is 5.97. The monoisotopic (exact) mass is 287 g/mol. The molecule has 0 saturated heterocycles. The predicted molar refractivity (Wildman–Crippen MR) is 82.8 cm³/mol. The van der Waals surface area contributed by atoms with E-state index in [1.54, 1.807) is 26.2 Å². The lowest BCUT2D eigenvalue weighted by atomic mass is 10.0. The summed E-state index contributed by atoms with van der Waals surface area (Å²) >= 11 is 0. The van der Waals surface area contributed by atoms with E-state index in [4.69, 9.17) is 5.73 Å². The Bertz CT molecular complexity index is 583. The average Bonchev–Trinajstić information content (AvgIpc) is 2.45. The molecule has 0 aliphatic rings. The van der Waals surface area contributed by atoms with Crippen molar-refractivity contribution in [2.24, 2.45) is 5.73 Å². The molecule has 1 rings (SSSR count). The number of hydrogen-bond acceptors (Lipinski definition) is 3. The number of benzene rings is 1. The third kappa shape index (κ3) is 5.28. The molecule has 5 heteroatoms. The van der Waals surface area contributed by atoms with Gasteiger partial charge >= 0.3 is 0 Å². The molecular weight excluding hydrogens is 266 g/mol. The van der Waals surface area contributed by atoms with Crippen LogP contribution >= 0.6 is 0 Å². The molecule has 0 aliphatic heterocycles. The second-order valence-electron chi connectivity index (χ2n) is 4.85. The summed E-state index contributed by atoms with van der Waals surface area (Å²) in [6.45, 7) is 2.45. The maximum Gasteiger partial charge on any atom is 0.252 e. The van der Waals surface area contributed by atoms with Crippen molar-refractivity contribution in [1.29, 1.82) is 0 Å². The first-order valence-electron chi connectivity index (χ1n) is 6.73. The van der Waals surface area contributed by atoms with E-state index < -0.39 is 0 Å². The minimum absolute atomic E-state index is 0.0253. The summed E-state index contributed by atoms with van der Waals surface area (Å²) in [6, 6.07) is 5.48. The molecule has 0 aliphatic carbocycles. The molecule has 0 radical (unpaired) electrons. The fourth-order valence-electron chi connectivity index (χ4n) is 1.70. The van der Waals surface area contributed by atoms with Gasteiger partial charge in [-0.15, -0.1) is 0 Å². The van der Waals surface area contributed by atoms with Crippen LogP contribution in [0.3, 0.4) is 0 Å². The van der Waals surface area contributed by atoms with Crippen LogP contribution in [-0.4, -0.2) is 43.9 Å². The van der Waals surface area contributed by atoms with E-state index in [1.807, 2.05) is 13.0 Å². The summed E-state index contributed by atoms with van der Waals surface area (Å²) < 4.78 is 0. The van der Waals surface area contributed by atoms with Gasteiger partial charge in [0.1, 0.15) is 0 Å². The SMILES string of the molecule is Cc1ccc(C#CCN)c(C(=O)NCCC(=O)N(C)C)c1. The minimum Gasteiger partial charge on any atom is -0.351 e. The summed E-state index contributed by atoms with van der Waals surface area (Å²) in [6.07, 6.45) is 0.272. The number of rotatable bonds is 4. The van der Waals surface area contributed by atoms with Crippen LogP contribution in [0.15, 0.2) is 18.2 Å². The van der Waals surface area contributed by atoms with Crippen LogP contribution in [0, 0.1) is 18.8 Å². The molecule has 0 fully saturated rings. The van der Waals surface area contributed by atoms with E-state index in [9.17, 15) is 9.59 Å². The maximum atomic E-state index is 12.2. The van der Waals surface area contributed by atoms with Crippen molar-refractivity contribution in [1.82, 2.24) is 10.2 Å². The topological polar surface area (TPSA) is 75.4 Å². The standard InChI is InChI=1S/C16H21N3O2/c1-12-6-7-13(5-4-9-17)14(11-12)16(21)18-10-8-15(20)19(2)3/h6-7,11H,8-10,17H2,1-3H3,(H,18,21). The highest BCUT2D eigenvalue weighted by Crippen LogP contribution is 2.10. The van der Waals surface area contributed by atoms with E-state index in [-0.39, 0.29) is 24.8 Å². The average molecular weight is 287 g/mol. The quantitative estimate of drug-likeness (QED) is 0.792. The van der Waals surface area contributed by atoms with Crippen LogP contribution in [0.5, 0.6) is 0 Å². The second-order valence-corrected chi connectivity index (χ2v) is 4.85. The molecule has 112 valence electrons. The van der Waals surface area contributed by atoms with Gasteiger partial charge in [-0.05, 0) is 19.1 Å². The number of hydrogen-bond donors (Lipinski definition) is 2. The van der Waals surface area contributed by atoms with E-state index >= 15 is 0 Å². The zero-order chi connectivity index (χ0) is 15.8. The second kappa shape index (κ2) is 8.08. The number of nitrogens with one attached hydrogen (secondary N) is 1. The number of carbonyl (C=O) groups is 2. The Morgan fingerprint density at radius 2 is 2.05 bits per heavy atom. The van der Waals surface area contributed by atoms with Crippen molar-refractivity contribution < 1.29 is 9.59 Å². The number of nitrogens with zero attached hydrogens (tertiary/aromatic N) is 1. The Morgan fingerprint density at radius 3 is 2.67 bits per heavy atom. The normalized spacial score (nSPS) is 9.52. The number of aryl methyl sites for hydroxylation is 1. The molecule has 2 amide bonds. The minimum atomic E-state index is -0.230. The molecule has 1 aromatic rings. The first-order valence-corrected chi connectivity index (χ1v) is 6.73. The lowest BCUT2D eigenvalue weighted by Crippen LogP contribution is -2.30. The number of nitrogens with two attached hydrogens (primary N) is 1. The van der Waals surface area contributed by atoms with Gasteiger partial charge in [0.2, 0.25) is 5.91 Å². The molecule has 0 heterocycles. The molecule has 5 nitrogen and oxygen atoms in total. The van der Waals surface area contributed by atoms with Crippen LogP contribution in [0.1, 0.15) is 27.9 Å². The largest absolute Gasteiger partial charge is 0.351 e. The molecule has 0 unspecified atom stereocenters. The van der Waals surface area contributed by atoms with Crippen molar-refractivity contribution >= 4 is 11.8 Å². The van der Waals surface area contributed by atoms with Gasteiger partial charge in [-0.1, -0.05) is 23.5 Å². The van der Waals surface area contributed by atoms with Crippen LogP contribution < -0.4 is 11.1 Å². The molecule has 0 aromatic heterocycles. The lowest BCUT2D eigenvalue weighted by Gasteiger charge is -2.11. The first-order chi connectivity index (χ1) is 9.95. The lowest BCUT2D eigenvalue weighted by molar-refractivity contribution is -0.128. The molecule has 1 aromatic carbocycles. The molecule has 3 N–H and O–H groups in total. The summed E-state index contributed by atoms with van der Waals surface area (Å²) in [5, 5.41) is 2.74. The van der Waals surface area contributed by atoms with Gasteiger partial charge in [0.05, 0.1) is 12.1 Å². The van der Waals surface area contributed by atoms with Crippen molar-refractivity contribution in [3.63, 3.8) is 0 Å². The van der Waals surface area contributed by atoms with Gasteiger partial charge in [0, 0.05) is 32.6 Å². The van der Waals surface area contributed by atoms with Crippen molar-refractivity contribution in [3.05, 3.63) is 34.9 Å². The molecule has 0 spiro atoms. The summed E-state index contributed by atoms with van der Waals surface area (Å²) in [7, 11) is 3.37. The zero-order valence-electron chi connectivity index (χ0n) is 12.7. The predicted octanol–water partition coefficient (Wildman–Crippen LogP) is 0.513. The number of amides is 2. The van der Waals surface area contributed by atoms with Crippen LogP contribution in [0.4, 0.5) is 0 Å². The highest BCUT2D eigenvalue weighted by atomic mass is 16.2. The van der Waals surface area contributed by atoms with Gasteiger partial charge in [-0.2, -0.15) is 0 Å². The Morgan fingerprint density at radius 1 is 1.33 bits per heavy atom. The highest BCUT2D eigenvalue weighted by Gasteiger charge is 2.11. The van der Waals surface area contributed by atoms with Crippen molar-refractivity contribution in [2.75, 3.05) is 27.2 Å². The van der Waals surface area contributed by atoms with Gasteiger partial charge in [-0.3, -0.25) is 9.59 Å². The Kier molecular flexibility index (Phi) is 6.44. The Labute approximate surface area is 125 Å². The Hall–Kier alpha value is -2.32. The van der Waals surface area contributed by atoms with Gasteiger partial charge in [0.25, 0.3) is 5.91 Å². The Balaban J connectivity index is 2.77. The smallest absolute Gasteiger partial charge is 0.252 e. The zero-order valence-corrected chi connectivity index (χ0v) is 12.7. The molecule has 0 atom stereocenters. The van der Waals surface area contributed by atoms with E-state index in [2.05, 4.69) is 17.2 Å². The first kappa shape index (κ1) is 16.7. The van der Waals surface area contributed by atoms with E-state index in [0.717, 1.165) is 5.56 Å². The van der Waals surface area contributed by atoms with Crippen molar-refractivity contribution in [3.8, 4) is 11.8 Å². The fourth-order valence-corrected chi connectivity index (χ4v) is 1.70. The van der Waals surface area contributed by atoms with Crippen LogP contribution in [0.25, 0.3) is 0 Å². The summed E-state index contributed by atoms with van der Waals surface area (Å²) in [5.74, 6) is 5.38. The summed E-state index contributed by atoms with van der Waals surface area (Å²) in [4.78, 5) is 25.2. The van der Waals surface area contributed by atoms with Crippen LogP contribution in [0.2, 0.25) is 0 Å². The van der Waals surface area contributed by atoms with Gasteiger partial charge < -0.3 is 16.0 Å². The van der Waals surface area contributed by atoms with Crippen LogP contribution in [-0.2, 0) is 4.79 Å². The maximum absolute atomic E-state index is 12.2. The summed E-state index contributed by atoms with van der Waals surface area (Å²) in [5.41, 5.74) is 7.48. The molecule has 0 bridgehead atoms. The number of carbonyl (C=O) groups excluding carboxylic acids is 2. The molecule has 21 heavy (non-hydrogen) atoms. The van der Waals surface area contributed by atoms with Gasteiger partial charge in [0.15, 0.2) is 0 Å².